The number of aromatic amines is 1. The lowest BCUT2D eigenvalue weighted by Crippen LogP contribution is -2.18. The Morgan fingerprint density at radius 2 is 2.12 bits per heavy atom. The van der Waals surface area contributed by atoms with Gasteiger partial charge >= 0.3 is 11.7 Å². The van der Waals surface area contributed by atoms with Crippen LogP contribution in [0.5, 0.6) is 6.01 Å². The molecule has 3 rings (SSSR count). The SMILES string of the molecule is CCCCOc1nc(N)c2[nH]c(=O)n(Cc3ccc(N(C)C)nc3)c2n1. The van der Waals surface area contributed by atoms with Gasteiger partial charge in [-0.2, -0.15) is 9.97 Å². The standard InChI is InChI=1S/C17H23N7O2/c1-4-5-8-26-16-21-14(18)13-15(22-16)24(17(25)20-13)10-11-6-7-12(19-9-11)23(2)3/h6-7,9H,4-5,8,10H2,1-3H3,(H,20,25)(H2,18,21,22). The third kappa shape index (κ3) is 3.61. The molecule has 0 saturated carbocycles. The third-order valence-corrected chi connectivity index (χ3v) is 3.97. The first-order valence-corrected chi connectivity index (χ1v) is 8.50. The van der Waals surface area contributed by atoms with Crippen LogP contribution in [0, 0.1) is 0 Å². The normalized spacial score (nSPS) is 11.0. The van der Waals surface area contributed by atoms with E-state index in [0.717, 1.165) is 24.2 Å². The van der Waals surface area contributed by atoms with Gasteiger partial charge in [-0.25, -0.2) is 9.78 Å². The predicted octanol–water partition coefficient (Wildman–Crippen LogP) is 1.39. The van der Waals surface area contributed by atoms with Crippen LogP contribution in [-0.2, 0) is 6.54 Å². The van der Waals surface area contributed by atoms with Crippen molar-refractivity contribution in [2.24, 2.45) is 0 Å². The van der Waals surface area contributed by atoms with E-state index in [0.29, 0.717) is 24.3 Å². The Morgan fingerprint density at radius 3 is 2.77 bits per heavy atom. The number of hydrogen-bond acceptors (Lipinski definition) is 7. The molecule has 0 spiro atoms. The van der Waals surface area contributed by atoms with Crippen LogP contribution in [0.15, 0.2) is 23.1 Å². The summed E-state index contributed by atoms with van der Waals surface area (Å²) in [5.74, 6) is 1.04. The maximum atomic E-state index is 12.4. The highest BCUT2D eigenvalue weighted by Crippen LogP contribution is 2.19. The molecule has 3 heterocycles. The number of imidazole rings is 1. The molecule has 0 aliphatic heterocycles. The maximum Gasteiger partial charge on any atom is 0.328 e. The Kier molecular flexibility index (Phi) is 5.06. The molecule has 3 aromatic heterocycles. The van der Waals surface area contributed by atoms with Gasteiger partial charge < -0.3 is 20.4 Å². The number of nitrogens with zero attached hydrogens (tertiary/aromatic N) is 5. The molecule has 9 nitrogen and oxygen atoms in total. The second kappa shape index (κ2) is 7.42. The molecular formula is C17H23N7O2. The van der Waals surface area contributed by atoms with Crippen molar-refractivity contribution in [3.63, 3.8) is 0 Å². The Balaban J connectivity index is 1.94. The number of aromatic nitrogens is 5. The minimum atomic E-state index is -0.302. The fourth-order valence-corrected chi connectivity index (χ4v) is 2.51. The smallest absolute Gasteiger partial charge is 0.328 e. The summed E-state index contributed by atoms with van der Waals surface area (Å²) in [7, 11) is 3.85. The lowest BCUT2D eigenvalue weighted by molar-refractivity contribution is 0.286. The number of pyridine rings is 1. The van der Waals surface area contributed by atoms with Gasteiger partial charge in [-0.05, 0) is 18.1 Å². The highest BCUT2D eigenvalue weighted by atomic mass is 16.5. The molecule has 0 amide bonds. The quantitative estimate of drug-likeness (QED) is 0.614. The van der Waals surface area contributed by atoms with Gasteiger partial charge in [0.1, 0.15) is 11.3 Å². The first-order valence-electron chi connectivity index (χ1n) is 8.50. The number of rotatable bonds is 7. The molecule has 0 saturated heterocycles. The Morgan fingerprint density at radius 1 is 1.31 bits per heavy atom. The number of nitrogen functional groups attached to an aromatic ring is 1. The summed E-state index contributed by atoms with van der Waals surface area (Å²) in [4.78, 5) is 29.8. The summed E-state index contributed by atoms with van der Waals surface area (Å²) in [5.41, 5.74) is 7.37. The Labute approximate surface area is 150 Å². The molecule has 138 valence electrons. The number of fused-ring (bicyclic) bond motifs is 1. The first kappa shape index (κ1) is 17.7. The van der Waals surface area contributed by atoms with Crippen LogP contribution >= 0.6 is 0 Å². The minimum Gasteiger partial charge on any atom is -0.463 e. The van der Waals surface area contributed by atoms with Crippen LogP contribution in [0.4, 0.5) is 11.6 Å². The van der Waals surface area contributed by atoms with Gasteiger partial charge in [0, 0.05) is 20.3 Å². The number of anilines is 2. The zero-order valence-electron chi connectivity index (χ0n) is 15.2. The zero-order chi connectivity index (χ0) is 18.7. The van der Waals surface area contributed by atoms with Crippen molar-refractivity contribution < 1.29 is 4.74 Å². The number of nitrogens with one attached hydrogen (secondary N) is 1. The average molecular weight is 357 g/mol. The summed E-state index contributed by atoms with van der Waals surface area (Å²) in [6.07, 6.45) is 3.64. The van der Waals surface area contributed by atoms with Gasteiger partial charge in [0.2, 0.25) is 0 Å². The molecule has 0 aliphatic rings. The number of unbranched alkanes of at least 4 members (excludes halogenated alkanes) is 1. The topological polar surface area (TPSA) is 115 Å². The van der Waals surface area contributed by atoms with Crippen molar-refractivity contribution in [2.45, 2.75) is 26.3 Å². The zero-order valence-corrected chi connectivity index (χ0v) is 15.2. The van der Waals surface area contributed by atoms with Crippen LogP contribution < -0.4 is 21.1 Å². The van der Waals surface area contributed by atoms with Crippen molar-refractivity contribution >= 4 is 22.8 Å². The number of ether oxygens (including phenoxy) is 1. The van der Waals surface area contributed by atoms with Gasteiger partial charge in [-0.3, -0.25) is 4.57 Å². The summed E-state index contributed by atoms with van der Waals surface area (Å²) in [5, 5.41) is 0. The summed E-state index contributed by atoms with van der Waals surface area (Å²) in [6, 6.07) is 4.01. The summed E-state index contributed by atoms with van der Waals surface area (Å²) in [6.45, 7) is 2.90. The Bertz CT molecular complexity index is 944. The van der Waals surface area contributed by atoms with Crippen molar-refractivity contribution in [2.75, 3.05) is 31.3 Å². The number of H-pyrrole nitrogens is 1. The van der Waals surface area contributed by atoms with Crippen LogP contribution in [-0.4, -0.2) is 45.2 Å². The largest absolute Gasteiger partial charge is 0.463 e. The van der Waals surface area contributed by atoms with E-state index >= 15 is 0 Å². The highest BCUT2D eigenvalue weighted by molar-refractivity contribution is 5.81. The van der Waals surface area contributed by atoms with Gasteiger partial charge in [-0.15, -0.1) is 0 Å². The average Bonchev–Trinajstić information content (AvgIpc) is 2.92. The van der Waals surface area contributed by atoms with E-state index in [-0.39, 0.29) is 17.5 Å². The van der Waals surface area contributed by atoms with Gasteiger partial charge in [0.15, 0.2) is 11.5 Å². The molecule has 0 unspecified atom stereocenters. The molecule has 0 atom stereocenters. The van der Waals surface area contributed by atoms with Crippen molar-refractivity contribution in [3.05, 3.63) is 34.4 Å². The maximum absolute atomic E-state index is 12.4. The molecular weight excluding hydrogens is 334 g/mol. The molecule has 26 heavy (non-hydrogen) atoms. The summed E-state index contributed by atoms with van der Waals surface area (Å²) < 4.78 is 7.05. The molecule has 3 N–H and O–H groups in total. The van der Waals surface area contributed by atoms with E-state index in [9.17, 15) is 4.79 Å². The van der Waals surface area contributed by atoms with E-state index < -0.39 is 0 Å². The van der Waals surface area contributed by atoms with E-state index in [1.54, 1.807) is 6.20 Å². The second-order valence-corrected chi connectivity index (χ2v) is 6.23. The molecule has 0 fully saturated rings. The molecule has 0 aliphatic carbocycles. The summed E-state index contributed by atoms with van der Waals surface area (Å²) >= 11 is 0. The lowest BCUT2D eigenvalue weighted by Gasteiger charge is -2.11. The highest BCUT2D eigenvalue weighted by Gasteiger charge is 2.15. The van der Waals surface area contributed by atoms with E-state index in [2.05, 4.69) is 26.9 Å². The van der Waals surface area contributed by atoms with E-state index in [1.807, 2.05) is 31.1 Å². The van der Waals surface area contributed by atoms with Gasteiger partial charge in [-0.1, -0.05) is 19.4 Å². The fraction of sp³-hybridized carbons (Fsp3) is 0.412. The lowest BCUT2D eigenvalue weighted by atomic mass is 10.3. The second-order valence-electron chi connectivity index (χ2n) is 6.23. The molecule has 0 radical (unpaired) electrons. The van der Waals surface area contributed by atoms with Crippen molar-refractivity contribution in [1.29, 1.82) is 0 Å². The fourth-order valence-electron chi connectivity index (χ4n) is 2.51. The van der Waals surface area contributed by atoms with Crippen LogP contribution in [0.3, 0.4) is 0 Å². The van der Waals surface area contributed by atoms with Crippen LogP contribution in [0.2, 0.25) is 0 Å². The molecule has 9 heteroatoms. The predicted molar refractivity (Wildman–Crippen MR) is 101 cm³/mol. The van der Waals surface area contributed by atoms with Crippen LogP contribution in [0.1, 0.15) is 25.3 Å². The van der Waals surface area contributed by atoms with Gasteiger partial charge in [0.25, 0.3) is 0 Å². The first-order chi connectivity index (χ1) is 12.5. The third-order valence-electron chi connectivity index (χ3n) is 3.97. The van der Waals surface area contributed by atoms with Crippen molar-refractivity contribution in [1.82, 2.24) is 24.5 Å². The number of nitrogens with two attached hydrogens (primary N) is 1. The monoisotopic (exact) mass is 357 g/mol. The molecule has 0 bridgehead atoms. The van der Waals surface area contributed by atoms with E-state index in [4.69, 9.17) is 10.5 Å². The molecule has 3 aromatic rings. The van der Waals surface area contributed by atoms with E-state index in [1.165, 1.54) is 4.57 Å². The van der Waals surface area contributed by atoms with Crippen molar-refractivity contribution in [3.8, 4) is 6.01 Å². The molecule has 0 aromatic carbocycles. The van der Waals surface area contributed by atoms with Crippen LogP contribution in [0.25, 0.3) is 11.2 Å². The number of hydrogen-bond donors (Lipinski definition) is 2. The minimum absolute atomic E-state index is 0.178. The van der Waals surface area contributed by atoms with Gasteiger partial charge in [0.05, 0.1) is 13.2 Å². The Hall–Kier alpha value is -3.10.